The maximum Gasteiger partial charge on any atom is 0.417 e. The third-order valence-electron chi connectivity index (χ3n) is 4.33. The molecule has 0 aliphatic heterocycles. The Morgan fingerprint density at radius 2 is 1.88 bits per heavy atom. The fraction of sp³-hybridized carbons (Fsp3) is 0.143. The quantitative estimate of drug-likeness (QED) is 0.344. The molecular weight excluding hydrogens is 563 g/mol. The molecular formula is C21H16BrClF3N3O4S. The summed E-state index contributed by atoms with van der Waals surface area (Å²) in [4.78, 5) is 17.0. The summed E-state index contributed by atoms with van der Waals surface area (Å²) < 4.78 is 66.4. The smallest absolute Gasteiger partial charge is 0.417 e. The highest BCUT2D eigenvalue weighted by atomic mass is 79.9. The van der Waals surface area contributed by atoms with E-state index in [1.54, 1.807) is 12.1 Å². The number of anilines is 1. The van der Waals surface area contributed by atoms with Crippen LogP contribution in [0.1, 0.15) is 15.9 Å². The van der Waals surface area contributed by atoms with Crippen LogP contribution in [-0.2, 0) is 17.5 Å². The molecule has 0 fully saturated rings. The van der Waals surface area contributed by atoms with Crippen LogP contribution in [0.4, 0.5) is 18.9 Å². The Kier molecular flexibility index (Phi) is 8.31. The number of pyridine rings is 1. The number of hydrogen-bond donors (Lipinski definition) is 2. The number of nitrogens with zero attached hydrogens (tertiary/aromatic N) is 1. The minimum Gasteiger partial charge on any atom is -0.592 e. The second-order valence-corrected chi connectivity index (χ2v) is 9.22. The number of carbonyl (C=O) groups is 1. The summed E-state index contributed by atoms with van der Waals surface area (Å²) in [7, 11) is 2.83. The molecule has 0 aliphatic rings. The molecule has 1 atom stereocenters. The molecule has 180 valence electrons. The monoisotopic (exact) mass is 577 g/mol. The number of ether oxygens (including phenoxy) is 2. The Labute approximate surface area is 209 Å². The number of amides is 1. The first-order chi connectivity index (χ1) is 16.0. The number of nitrogens with one attached hydrogen (secondary N) is 2. The molecule has 0 saturated carbocycles. The number of rotatable bonds is 7. The van der Waals surface area contributed by atoms with Gasteiger partial charge >= 0.3 is 6.18 Å². The van der Waals surface area contributed by atoms with Gasteiger partial charge in [0.2, 0.25) is 0 Å². The average molecular weight is 579 g/mol. The van der Waals surface area contributed by atoms with Crippen LogP contribution in [0.5, 0.6) is 17.2 Å². The van der Waals surface area contributed by atoms with Crippen molar-refractivity contribution in [2.75, 3.05) is 19.5 Å². The first-order valence-corrected chi connectivity index (χ1v) is 11.6. The number of hydrogen-bond acceptors (Lipinski definition) is 6. The van der Waals surface area contributed by atoms with E-state index in [0.29, 0.717) is 10.5 Å². The Hall–Kier alpha value is -2.51. The number of aromatic nitrogens is 1. The Bertz CT molecular complexity index is 1220. The molecule has 1 amide bonds. The predicted molar refractivity (Wildman–Crippen MR) is 125 cm³/mol. The number of benzene rings is 2. The molecule has 7 nitrogen and oxygen atoms in total. The lowest BCUT2D eigenvalue weighted by atomic mass is 10.1. The maximum absolute atomic E-state index is 13.5. The summed E-state index contributed by atoms with van der Waals surface area (Å²) in [5, 5.41) is 1.99. The van der Waals surface area contributed by atoms with Gasteiger partial charge in [0, 0.05) is 29.5 Å². The molecule has 2 N–H and O–H groups in total. The molecule has 1 aromatic heterocycles. The lowest BCUT2D eigenvalue weighted by Crippen LogP contribution is -2.20. The minimum absolute atomic E-state index is 0.0748. The second kappa shape index (κ2) is 10.8. The molecule has 0 radical (unpaired) electrons. The van der Waals surface area contributed by atoms with Gasteiger partial charge in [-0.15, -0.1) is 4.72 Å². The van der Waals surface area contributed by atoms with Crippen molar-refractivity contribution in [3.8, 4) is 17.2 Å². The summed E-state index contributed by atoms with van der Waals surface area (Å²) in [6, 6.07) is 8.91. The second-order valence-electron chi connectivity index (χ2n) is 6.53. The van der Waals surface area contributed by atoms with E-state index in [1.807, 2.05) is 0 Å². The first kappa shape index (κ1) is 26.1. The zero-order chi connectivity index (χ0) is 25.0. The van der Waals surface area contributed by atoms with Crippen molar-refractivity contribution in [3.05, 3.63) is 69.3 Å². The van der Waals surface area contributed by atoms with E-state index in [-0.39, 0.29) is 27.8 Å². The zero-order valence-corrected chi connectivity index (χ0v) is 20.7. The van der Waals surface area contributed by atoms with E-state index < -0.39 is 39.8 Å². The van der Waals surface area contributed by atoms with Crippen molar-refractivity contribution < 1.29 is 32.0 Å². The maximum atomic E-state index is 13.5. The first-order valence-electron chi connectivity index (χ1n) is 9.32. The van der Waals surface area contributed by atoms with Crippen LogP contribution in [0.25, 0.3) is 0 Å². The number of halogens is 5. The lowest BCUT2D eigenvalue weighted by Gasteiger charge is -2.17. The van der Waals surface area contributed by atoms with Crippen molar-refractivity contribution >= 4 is 50.5 Å². The van der Waals surface area contributed by atoms with Crippen LogP contribution < -0.4 is 19.5 Å². The van der Waals surface area contributed by atoms with Gasteiger partial charge in [-0.3, -0.25) is 4.79 Å². The highest BCUT2D eigenvalue weighted by molar-refractivity contribution is 9.10. The molecule has 34 heavy (non-hydrogen) atoms. The zero-order valence-electron chi connectivity index (χ0n) is 17.5. The van der Waals surface area contributed by atoms with Crippen LogP contribution in [0.2, 0.25) is 5.02 Å². The van der Waals surface area contributed by atoms with Gasteiger partial charge in [-0.05, 0) is 36.4 Å². The van der Waals surface area contributed by atoms with Gasteiger partial charge < -0.3 is 19.3 Å². The standard InChI is InChI=1S/C21H16BrClF3N3O4S/c1-27-34(31)19-8-12(5-6-28-19)29-20(30)13-9-15(23)14(21(24,25)26)10-17(13)33-16-4-3-11(22)7-18(16)32-2/h3-10,27H,1-2H3,(H,28,29,30)/t34-/m1/s1. The van der Waals surface area contributed by atoms with E-state index in [2.05, 4.69) is 31.0 Å². The minimum atomic E-state index is -4.79. The average Bonchev–Trinajstić information content (AvgIpc) is 2.79. The molecule has 0 unspecified atom stereocenters. The van der Waals surface area contributed by atoms with Crippen molar-refractivity contribution in [3.63, 3.8) is 0 Å². The number of methoxy groups -OCH3 is 1. The number of alkyl halides is 3. The van der Waals surface area contributed by atoms with Gasteiger partial charge in [-0.25, -0.2) is 4.98 Å². The molecule has 0 aliphatic carbocycles. The van der Waals surface area contributed by atoms with Crippen LogP contribution >= 0.6 is 27.5 Å². The van der Waals surface area contributed by atoms with Gasteiger partial charge in [-0.2, -0.15) is 13.2 Å². The highest BCUT2D eigenvalue weighted by Crippen LogP contribution is 2.41. The fourth-order valence-electron chi connectivity index (χ4n) is 2.77. The largest absolute Gasteiger partial charge is 0.592 e. The van der Waals surface area contributed by atoms with E-state index in [1.165, 1.54) is 38.6 Å². The number of carbonyl (C=O) groups excluding carboxylic acids is 1. The third-order valence-corrected chi connectivity index (χ3v) is 6.11. The lowest BCUT2D eigenvalue weighted by molar-refractivity contribution is -0.137. The molecule has 2 aromatic carbocycles. The van der Waals surface area contributed by atoms with Crippen LogP contribution in [0, 0.1) is 0 Å². The van der Waals surface area contributed by atoms with E-state index in [9.17, 15) is 22.5 Å². The van der Waals surface area contributed by atoms with Gasteiger partial charge in [0.05, 0.1) is 34.6 Å². The summed E-state index contributed by atoms with van der Waals surface area (Å²) in [6.07, 6.45) is -3.46. The fourth-order valence-corrected chi connectivity index (χ4v) is 3.98. The van der Waals surface area contributed by atoms with E-state index in [0.717, 1.165) is 6.07 Å². The SMILES string of the molecule is CN[S@+]([O-])c1cc(NC(=O)c2cc(Cl)c(C(F)(F)F)cc2Oc2ccc(Br)cc2OC)ccn1. The molecule has 0 spiro atoms. The van der Waals surface area contributed by atoms with Gasteiger partial charge in [0.1, 0.15) is 5.75 Å². The summed E-state index contributed by atoms with van der Waals surface area (Å²) in [5.74, 6) is -0.916. The summed E-state index contributed by atoms with van der Waals surface area (Å²) in [5.41, 5.74) is -1.23. The van der Waals surface area contributed by atoms with Gasteiger partial charge in [0.15, 0.2) is 11.5 Å². The topological polar surface area (TPSA) is 95.5 Å². The van der Waals surface area contributed by atoms with Crippen molar-refractivity contribution in [2.45, 2.75) is 11.2 Å². The normalized spacial score (nSPS) is 12.2. The van der Waals surface area contributed by atoms with Gasteiger partial charge in [0.25, 0.3) is 10.9 Å². The highest BCUT2D eigenvalue weighted by Gasteiger charge is 2.35. The summed E-state index contributed by atoms with van der Waals surface area (Å²) in [6.45, 7) is 0. The molecule has 0 bridgehead atoms. The Morgan fingerprint density at radius 1 is 1.15 bits per heavy atom. The van der Waals surface area contributed by atoms with E-state index in [4.69, 9.17) is 21.1 Å². The molecule has 3 rings (SSSR count). The van der Waals surface area contributed by atoms with Crippen LogP contribution in [-0.4, -0.2) is 29.6 Å². The van der Waals surface area contributed by atoms with Crippen molar-refractivity contribution in [1.82, 2.24) is 9.71 Å². The third kappa shape index (κ3) is 6.13. The van der Waals surface area contributed by atoms with Crippen LogP contribution in [0.15, 0.2) is 58.2 Å². The molecule has 13 heteroatoms. The molecule has 1 heterocycles. The van der Waals surface area contributed by atoms with E-state index >= 15 is 0 Å². The van der Waals surface area contributed by atoms with Crippen LogP contribution in [0.3, 0.4) is 0 Å². The molecule has 3 aromatic rings. The van der Waals surface area contributed by atoms with Crippen molar-refractivity contribution in [2.24, 2.45) is 0 Å². The Morgan fingerprint density at radius 3 is 2.53 bits per heavy atom. The molecule has 0 saturated heterocycles. The predicted octanol–water partition coefficient (Wildman–Crippen LogP) is 5.81. The van der Waals surface area contributed by atoms with Gasteiger partial charge in [-0.1, -0.05) is 27.5 Å². The summed E-state index contributed by atoms with van der Waals surface area (Å²) >= 11 is 7.51. The van der Waals surface area contributed by atoms with Crippen molar-refractivity contribution in [1.29, 1.82) is 0 Å². The Balaban J connectivity index is 2.04.